The summed E-state index contributed by atoms with van der Waals surface area (Å²) in [6.07, 6.45) is 18.5. The molecule has 0 aromatic carbocycles. The number of aryl methyl sites for hydroxylation is 1. The molecule has 0 aliphatic heterocycles. The maximum atomic E-state index is 2.28. The number of rotatable bonds is 11. The molecule has 1 heteroatoms. The first kappa shape index (κ1) is 14.3. The number of aromatic nitrogens is 1. The highest BCUT2D eigenvalue weighted by Crippen LogP contribution is 2.10. The molecule has 1 aromatic rings. The number of hydrogen-bond acceptors (Lipinski definition) is 0. The quantitative estimate of drug-likeness (QED) is 0.452. The summed E-state index contributed by atoms with van der Waals surface area (Å²) in [5.74, 6) is 0. The molecule has 0 saturated carbocycles. The van der Waals surface area contributed by atoms with Gasteiger partial charge >= 0.3 is 0 Å². The average Bonchev–Trinajstić information content (AvgIpc) is 2.85. The predicted octanol–water partition coefficient (Wildman–Crippen LogP) is 5.41. The van der Waals surface area contributed by atoms with Gasteiger partial charge in [0, 0.05) is 18.9 Å². The molecular weight excluding hydrogens is 206 g/mol. The Kier molecular flexibility index (Phi) is 8.80. The van der Waals surface area contributed by atoms with E-state index in [-0.39, 0.29) is 0 Å². The third kappa shape index (κ3) is 8.06. The van der Waals surface area contributed by atoms with Crippen LogP contribution in [0, 0.1) is 0 Å². The Hall–Kier alpha value is -0.720. The molecule has 0 spiro atoms. The highest BCUT2D eigenvalue weighted by Gasteiger charge is 1.93. The Bertz CT molecular complexity index is 238. The van der Waals surface area contributed by atoms with Crippen LogP contribution in [0.4, 0.5) is 0 Å². The van der Waals surface area contributed by atoms with Crippen molar-refractivity contribution in [1.82, 2.24) is 4.57 Å². The normalized spacial score (nSPS) is 10.9. The van der Waals surface area contributed by atoms with E-state index in [1.165, 1.54) is 70.8 Å². The topological polar surface area (TPSA) is 4.93 Å². The van der Waals surface area contributed by atoms with Crippen molar-refractivity contribution in [2.45, 2.75) is 77.7 Å². The molecule has 0 radical (unpaired) electrons. The van der Waals surface area contributed by atoms with E-state index >= 15 is 0 Å². The minimum atomic E-state index is 1.20. The predicted molar refractivity (Wildman–Crippen MR) is 76.3 cm³/mol. The van der Waals surface area contributed by atoms with Gasteiger partial charge in [0.05, 0.1) is 0 Å². The van der Waals surface area contributed by atoms with Crippen LogP contribution in [-0.2, 0) is 6.54 Å². The van der Waals surface area contributed by atoms with Gasteiger partial charge in [-0.3, -0.25) is 0 Å². The summed E-state index contributed by atoms with van der Waals surface area (Å²) in [7, 11) is 0. The summed E-state index contributed by atoms with van der Waals surface area (Å²) < 4.78 is 2.28. The van der Waals surface area contributed by atoms with Crippen LogP contribution in [0.25, 0.3) is 0 Å². The van der Waals surface area contributed by atoms with Gasteiger partial charge in [0.25, 0.3) is 0 Å². The van der Waals surface area contributed by atoms with Crippen molar-refractivity contribution in [2.75, 3.05) is 0 Å². The van der Waals surface area contributed by atoms with Crippen molar-refractivity contribution in [2.24, 2.45) is 0 Å². The van der Waals surface area contributed by atoms with Crippen LogP contribution >= 0.6 is 0 Å². The van der Waals surface area contributed by atoms with Crippen molar-refractivity contribution < 1.29 is 0 Å². The molecule has 1 nitrogen and oxygen atoms in total. The third-order valence-corrected chi connectivity index (χ3v) is 3.44. The minimum Gasteiger partial charge on any atom is -0.354 e. The summed E-state index contributed by atoms with van der Waals surface area (Å²) in [4.78, 5) is 0. The van der Waals surface area contributed by atoms with E-state index in [0.29, 0.717) is 0 Å². The van der Waals surface area contributed by atoms with E-state index in [1.54, 1.807) is 0 Å². The molecular formula is C16H29N. The molecule has 0 N–H and O–H groups in total. The van der Waals surface area contributed by atoms with Gasteiger partial charge in [-0.05, 0) is 18.6 Å². The molecule has 0 bridgehead atoms. The van der Waals surface area contributed by atoms with Crippen LogP contribution < -0.4 is 0 Å². The van der Waals surface area contributed by atoms with Gasteiger partial charge in [-0.25, -0.2) is 0 Å². The monoisotopic (exact) mass is 235 g/mol. The maximum Gasteiger partial charge on any atom is 0.0219 e. The average molecular weight is 235 g/mol. The minimum absolute atomic E-state index is 1.20. The summed E-state index contributed by atoms with van der Waals surface area (Å²) >= 11 is 0. The molecule has 17 heavy (non-hydrogen) atoms. The van der Waals surface area contributed by atoms with Gasteiger partial charge in [-0.1, -0.05) is 64.7 Å². The van der Waals surface area contributed by atoms with Crippen LogP contribution in [0.15, 0.2) is 24.5 Å². The maximum absolute atomic E-state index is 2.28. The van der Waals surface area contributed by atoms with Gasteiger partial charge in [0.2, 0.25) is 0 Å². The molecule has 0 unspecified atom stereocenters. The lowest BCUT2D eigenvalue weighted by molar-refractivity contribution is 0.535. The second-order valence-electron chi connectivity index (χ2n) is 5.10. The number of hydrogen-bond donors (Lipinski definition) is 0. The van der Waals surface area contributed by atoms with Crippen LogP contribution in [0.1, 0.15) is 71.1 Å². The number of unbranched alkanes of at least 4 members (excludes halogenated alkanes) is 9. The molecule has 0 atom stereocenters. The number of nitrogens with zero attached hydrogens (tertiary/aromatic N) is 1. The third-order valence-electron chi connectivity index (χ3n) is 3.44. The van der Waals surface area contributed by atoms with Crippen molar-refractivity contribution in [1.29, 1.82) is 0 Å². The lowest BCUT2D eigenvalue weighted by atomic mass is 10.1. The zero-order valence-corrected chi connectivity index (χ0v) is 11.5. The van der Waals surface area contributed by atoms with E-state index in [2.05, 4.69) is 36.0 Å². The first-order chi connectivity index (χ1) is 8.43. The van der Waals surface area contributed by atoms with Crippen molar-refractivity contribution in [3.8, 4) is 0 Å². The van der Waals surface area contributed by atoms with E-state index < -0.39 is 0 Å². The van der Waals surface area contributed by atoms with Gasteiger partial charge in [-0.2, -0.15) is 0 Å². The highest BCUT2D eigenvalue weighted by molar-refractivity contribution is 4.89. The van der Waals surface area contributed by atoms with Crippen LogP contribution in [0.5, 0.6) is 0 Å². The summed E-state index contributed by atoms with van der Waals surface area (Å²) in [6, 6.07) is 4.21. The van der Waals surface area contributed by atoms with E-state index in [1.807, 2.05) is 0 Å². The fraction of sp³-hybridized carbons (Fsp3) is 0.750. The molecule has 0 fully saturated rings. The Morgan fingerprint density at radius 3 is 1.65 bits per heavy atom. The largest absolute Gasteiger partial charge is 0.354 e. The summed E-state index contributed by atoms with van der Waals surface area (Å²) in [5.41, 5.74) is 0. The summed E-state index contributed by atoms with van der Waals surface area (Å²) in [5, 5.41) is 0. The van der Waals surface area contributed by atoms with Gasteiger partial charge in [0.1, 0.15) is 0 Å². The zero-order valence-electron chi connectivity index (χ0n) is 11.5. The van der Waals surface area contributed by atoms with Crippen molar-refractivity contribution in [3.05, 3.63) is 24.5 Å². The molecule has 98 valence electrons. The first-order valence-electron chi connectivity index (χ1n) is 7.54. The van der Waals surface area contributed by atoms with E-state index in [9.17, 15) is 0 Å². The Morgan fingerprint density at radius 2 is 1.12 bits per heavy atom. The fourth-order valence-corrected chi connectivity index (χ4v) is 2.30. The van der Waals surface area contributed by atoms with E-state index in [0.717, 1.165) is 0 Å². The second kappa shape index (κ2) is 10.4. The summed E-state index contributed by atoms with van der Waals surface area (Å²) in [6.45, 7) is 3.48. The lowest BCUT2D eigenvalue weighted by Crippen LogP contribution is -1.93. The first-order valence-corrected chi connectivity index (χ1v) is 7.54. The van der Waals surface area contributed by atoms with E-state index in [4.69, 9.17) is 0 Å². The van der Waals surface area contributed by atoms with Crippen LogP contribution in [0.2, 0.25) is 0 Å². The Labute approximate surface area is 107 Å². The highest BCUT2D eigenvalue weighted by atomic mass is 14.9. The zero-order chi connectivity index (χ0) is 12.2. The van der Waals surface area contributed by atoms with Gasteiger partial charge in [-0.15, -0.1) is 0 Å². The standard InChI is InChI=1S/C16H29N/c1-2-3-4-5-6-7-8-9-10-11-14-17-15-12-13-16-17/h12-13,15-16H,2-11,14H2,1H3. The Balaban J connectivity index is 1.76. The van der Waals surface area contributed by atoms with Crippen molar-refractivity contribution >= 4 is 0 Å². The molecule has 0 amide bonds. The van der Waals surface area contributed by atoms with Crippen LogP contribution in [0.3, 0.4) is 0 Å². The van der Waals surface area contributed by atoms with Crippen molar-refractivity contribution in [3.63, 3.8) is 0 Å². The Morgan fingerprint density at radius 1 is 0.647 bits per heavy atom. The van der Waals surface area contributed by atoms with Crippen LogP contribution in [-0.4, -0.2) is 4.57 Å². The lowest BCUT2D eigenvalue weighted by Gasteiger charge is -2.03. The molecule has 0 aliphatic rings. The fourth-order valence-electron chi connectivity index (χ4n) is 2.30. The smallest absolute Gasteiger partial charge is 0.0219 e. The molecule has 1 aromatic heterocycles. The SMILES string of the molecule is CCCCCCCCCCCCn1cccc1. The molecule has 0 aliphatic carbocycles. The molecule has 0 saturated heterocycles. The second-order valence-corrected chi connectivity index (χ2v) is 5.10. The molecule has 1 rings (SSSR count). The van der Waals surface area contributed by atoms with Gasteiger partial charge < -0.3 is 4.57 Å². The van der Waals surface area contributed by atoms with Gasteiger partial charge in [0.15, 0.2) is 0 Å². The molecule has 1 heterocycles.